The molecule has 1 heterocycles. The van der Waals surface area contributed by atoms with Crippen LogP contribution >= 0.6 is 11.6 Å². The first-order chi connectivity index (χ1) is 13.2. The lowest BCUT2D eigenvalue weighted by molar-refractivity contribution is 0.172. The van der Waals surface area contributed by atoms with Gasteiger partial charge in [-0.3, -0.25) is 4.90 Å². The quantitative estimate of drug-likeness (QED) is 0.514. The Kier molecular flexibility index (Phi) is 5.47. The highest BCUT2D eigenvalue weighted by Gasteiger charge is 2.14. The molecule has 0 aromatic heterocycles. The van der Waals surface area contributed by atoms with E-state index in [9.17, 15) is 0 Å². The molecule has 4 rings (SSSR count). The molecule has 138 valence electrons. The Bertz CT molecular complexity index is 919. The van der Waals surface area contributed by atoms with Crippen molar-refractivity contribution in [2.24, 2.45) is 0 Å². The van der Waals surface area contributed by atoms with Gasteiger partial charge in [0, 0.05) is 6.54 Å². The minimum absolute atomic E-state index is 0.512. The Morgan fingerprint density at radius 3 is 2.48 bits per heavy atom. The first-order valence-corrected chi connectivity index (χ1v) is 9.86. The smallest absolute Gasteiger partial charge is 0.138 e. The van der Waals surface area contributed by atoms with Gasteiger partial charge in [0.15, 0.2) is 0 Å². The van der Waals surface area contributed by atoms with Gasteiger partial charge in [0.1, 0.15) is 12.4 Å². The molecule has 0 spiro atoms. The molecule has 0 amide bonds. The van der Waals surface area contributed by atoms with E-state index < -0.39 is 0 Å². The average molecular weight is 378 g/mol. The summed E-state index contributed by atoms with van der Waals surface area (Å²) in [6, 6.07) is 23.0. The third-order valence-corrected chi connectivity index (χ3v) is 5.56. The Labute approximate surface area is 166 Å². The summed E-state index contributed by atoms with van der Waals surface area (Å²) >= 11 is 6.46. The minimum atomic E-state index is 0.512. The van der Waals surface area contributed by atoms with Crippen LogP contribution in [0.3, 0.4) is 0 Å². The van der Waals surface area contributed by atoms with Crippen molar-refractivity contribution in [3.8, 4) is 16.9 Å². The van der Waals surface area contributed by atoms with Crippen LogP contribution in [0.1, 0.15) is 23.1 Å². The predicted octanol–water partition coefficient (Wildman–Crippen LogP) is 6.10. The van der Waals surface area contributed by atoms with Crippen molar-refractivity contribution in [2.45, 2.75) is 26.5 Å². The Morgan fingerprint density at radius 1 is 0.963 bits per heavy atom. The highest BCUT2D eigenvalue weighted by molar-refractivity contribution is 6.32. The van der Waals surface area contributed by atoms with E-state index in [1.54, 1.807) is 0 Å². The molecule has 1 aliphatic heterocycles. The van der Waals surface area contributed by atoms with Crippen LogP contribution in [-0.2, 0) is 13.2 Å². The fraction of sp³-hybridized carbons (Fsp3) is 0.250. The molecule has 2 nitrogen and oxygen atoms in total. The molecule has 0 radical (unpaired) electrons. The van der Waals surface area contributed by atoms with Crippen LogP contribution in [0.15, 0.2) is 66.7 Å². The van der Waals surface area contributed by atoms with Crippen LogP contribution in [0.25, 0.3) is 11.1 Å². The second-order valence-corrected chi connectivity index (χ2v) is 7.55. The van der Waals surface area contributed by atoms with E-state index in [4.69, 9.17) is 16.3 Å². The first kappa shape index (κ1) is 18.1. The lowest BCUT2D eigenvalue weighted by Gasteiger charge is -2.30. The van der Waals surface area contributed by atoms with Gasteiger partial charge in [-0.25, -0.2) is 0 Å². The number of ether oxygens (including phenoxy) is 1. The van der Waals surface area contributed by atoms with Gasteiger partial charge in [-0.05, 0) is 66.4 Å². The second-order valence-electron chi connectivity index (χ2n) is 7.14. The molecular weight excluding hydrogens is 354 g/mol. The fourth-order valence-electron chi connectivity index (χ4n) is 3.48. The zero-order chi connectivity index (χ0) is 18.6. The van der Waals surface area contributed by atoms with Gasteiger partial charge in [0.25, 0.3) is 0 Å². The second kappa shape index (κ2) is 8.16. The third kappa shape index (κ3) is 4.18. The molecule has 0 bridgehead atoms. The lowest BCUT2D eigenvalue weighted by atomic mass is 9.97. The zero-order valence-corrected chi connectivity index (χ0v) is 16.4. The van der Waals surface area contributed by atoms with E-state index in [0.29, 0.717) is 11.6 Å². The molecule has 27 heavy (non-hydrogen) atoms. The number of benzene rings is 3. The summed E-state index contributed by atoms with van der Waals surface area (Å²) in [7, 11) is 0. The monoisotopic (exact) mass is 377 g/mol. The SMILES string of the molecule is Cc1c(COc2ccc(CN3CCC3)cc2Cl)cccc1-c1ccccc1. The summed E-state index contributed by atoms with van der Waals surface area (Å²) in [4.78, 5) is 2.42. The van der Waals surface area contributed by atoms with E-state index in [0.717, 1.165) is 12.3 Å². The maximum atomic E-state index is 6.46. The molecule has 3 aromatic carbocycles. The summed E-state index contributed by atoms with van der Waals surface area (Å²) in [5.41, 5.74) is 6.14. The average Bonchev–Trinajstić information content (AvgIpc) is 2.66. The fourth-order valence-corrected chi connectivity index (χ4v) is 3.74. The summed E-state index contributed by atoms with van der Waals surface area (Å²) in [6.07, 6.45) is 1.30. The van der Waals surface area contributed by atoms with E-state index in [2.05, 4.69) is 60.4 Å². The highest BCUT2D eigenvalue weighted by atomic mass is 35.5. The van der Waals surface area contributed by atoms with E-state index in [-0.39, 0.29) is 0 Å². The lowest BCUT2D eigenvalue weighted by Crippen LogP contribution is -2.36. The van der Waals surface area contributed by atoms with Gasteiger partial charge in [-0.15, -0.1) is 0 Å². The highest BCUT2D eigenvalue weighted by Crippen LogP contribution is 2.29. The molecule has 0 unspecified atom stereocenters. The van der Waals surface area contributed by atoms with E-state index in [1.807, 2.05) is 18.2 Å². The van der Waals surface area contributed by atoms with Gasteiger partial charge in [0.05, 0.1) is 5.02 Å². The van der Waals surface area contributed by atoms with Crippen LogP contribution in [0.5, 0.6) is 5.75 Å². The number of nitrogens with zero attached hydrogens (tertiary/aromatic N) is 1. The molecule has 0 aliphatic carbocycles. The predicted molar refractivity (Wildman–Crippen MR) is 112 cm³/mol. The number of rotatable bonds is 6. The number of hydrogen-bond acceptors (Lipinski definition) is 2. The van der Waals surface area contributed by atoms with Gasteiger partial charge in [-0.2, -0.15) is 0 Å². The normalized spacial score (nSPS) is 14.0. The summed E-state index contributed by atoms with van der Waals surface area (Å²) in [5.74, 6) is 0.744. The number of hydrogen-bond donors (Lipinski definition) is 0. The molecule has 0 atom stereocenters. The van der Waals surface area contributed by atoms with Crippen molar-refractivity contribution in [2.75, 3.05) is 13.1 Å². The van der Waals surface area contributed by atoms with Gasteiger partial charge in [0.2, 0.25) is 0 Å². The van der Waals surface area contributed by atoms with Gasteiger partial charge < -0.3 is 4.74 Å². The van der Waals surface area contributed by atoms with E-state index >= 15 is 0 Å². The molecule has 1 fully saturated rings. The summed E-state index contributed by atoms with van der Waals surface area (Å²) < 4.78 is 6.05. The van der Waals surface area contributed by atoms with Crippen molar-refractivity contribution >= 4 is 11.6 Å². The van der Waals surface area contributed by atoms with Crippen molar-refractivity contribution in [3.63, 3.8) is 0 Å². The Balaban J connectivity index is 1.47. The molecule has 0 N–H and O–H groups in total. The standard InChI is InChI=1S/C24H24ClNO/c1-18-21(9-5-10-22(18)20-7-3-2-4-8-20)17-27-24-12-11-19(15-23(24)25)16-26-13-6-14-26/h2-5,7-12,15H,6,13-14,16-17H2,1H3. The van der Waals surface area contributed by atoms with Crippen molar-refractivity contribution in [1.82, 2.24) is 4.90 Å². The molecule has 0 saturated carbocycles. The first-order valence-electron chi connectivity index (χ1n) is 9.48. The maximum absolute atomic E-state index is 6.46. The van der Waals surface area contributed by atoms with Gasteiger partial charge >= 0.3 is 0 Å². The van der Waals surface area contributed by atoms with Crippen molar-refractivity contribution in [3.05, 3.63) is 88.4 Å². The topological polar surface area (TPSA) is 12.5 Å². The van der Waals surface area contributed by atoms with Gasteiger partial charge in [-0.1, -0.05) is 66.2 Å². The largest absolute Gasteiger partial charge is 0.487 e. The van der Waals surface area contributed by atoms with Crippen LogP contribution in [0, 0.1) is 6.92 Å². The third-order valence-electron chi connectivity index (χ3n) is 5.27. The summed E-state index contributed by atoms with van der Waals surface area (Å²) in [6.45, 7) is 6.01. The Morgan fingerprint density at radius 2 is 1.78 bits per heavy atom. The van der Waals surface area contributed by atoms with E-state index in [1.165, 1.54) is 47.3 Å². The number of halogens is 1. The van der Waals surface area contributed by atoms with Crippen molar-refractivity contribution < 1.29 is 4.74 Å². The maximum Gasteiger partial charge on any atom is 0.138 e. The Hall–Kier alpha value is -2.29. The minimum Gasteiger partial charge on any atom is -0.487 e. The molecule has 1 saturated heterocycles. The molecule has 3 aromatic rings. The van der Waals surface area contributed by atoms with Crippen molar-refractivity contribution in [1.29, 1.82) is 0 Å². The molecule has 3 heteroatoms. The number of likely N-dealkylation sites (tertiary alicyclic amines) is 1. The molecular formula is C24H24ClNO. The van der Waals surface area contributed by atoms with Crippen LogP contribution in [0.2, 0.25) is 5.02 Å². The van der Waals surface area contributed by atoms with Crippen LogP contribution in [-0.4, -0.2) is 18.0 Å². The zero-order valence-electron chi connectivity index (χ0n) is 15.6. The van der Waals surface area contributed by atoms with Crippen LogP contribution in [0.4, 0.5) is 0 Å². The van der Waals surface area contributed by atoms with Crippen LogP contribution < -0.4 is 4.74 Å². The molecule has 1 aliphatic rings. The summed E-state index contributed by atoms with van der Waals surface area (Å²) in [5, 5.41) is 0.685.